The molecule has 1 unspecified atom stereocenters. The van der Waals surface area contributed by atoms with Crippen molar-refractivity contribution < 1.29 is 23.9 Å². The number of hydrogen-bond acceptors (Lipinski definition) is 8. The SMILES string of the molecule is CC(C)(C)OC(=O)NC1CCN(C(=O)CCN2CCN(c3ccc(NC4CCC(=O)NC4=O)cc3)CC2)CC1. The van der Waals surface area contributed by atoms with Crippen LogP contribution in [-0.4, -0.2) is 97.1 Å². The van der Waals surface area contributed by atoms with Crippen molar-refractivity contribution in [1.29, 1.82) is 0 Å². The molecule has 3 fully saturated rings. The van der Waals surface area contributed by atoms with Crippen LogP contribution in [0.5, 0.6) is 0 Å². The van der Waals surface area contributed by atoms with Crippen LogP contribution in [0.4, 0.5) is 16.2 Å². The third-order valence-electron chi connectivity index (χ3n) is 7.40. The standard InChI is InChI=1S/C28H42N6O5/c1-28(2,3)39-27(38)30-21-10-14-34(15-11-21)25(36)12-13-32-16-18-33(19-17-32)22-6-4-20(5-7-22)29-23-8-9-24(35)31-26(23)37/h4-7,21,23,29H,8-19H2,1-3H3,(H,30,38)(H,31,35,37). The second-order valence-corrected chi connectivity index (χ2v) is 11.6. The molecule has 3 heterocycles. The molecule has 0 saturated carbocycles. The van der Waals surface area contributed by atoms with Crippen LogP contribution < -0.4 is 20.9 Å². The molecular weight excluding hydrogens is 500 g/mol. The molecule has 0 aliphatic carbocycles. The Morgan fingerprint density at radius 2 is 1.64 bits per heavy atom. The number of piperidine rings is 2. The van der Waals surface area contributed by atoms with Gasteiger partial charge in [0.05, 0.1) is 0 Å². The van der Waals surface area contributed by atoms with Crippen molar-refractivity contribution in [3.8, 4) is 0 Å². The quantitative estimate of drug-likeness (QED) is 0.447. The topological polar surface area (TPSA) is 123 Å². The molecule has 0 spiro atoms. The summed E-state index contributed by atoms with van der Waals surface area (Å²) in [6, 6.07) is 7.69. The molecule has 39 heavy (non-hydrogen) atoms. The van der Waals surface area contributed by atoms with E-state index in [4.69, 9.17) is 4.74 Å². The van der Waals surface area contributed by atoms with E-state index in [1.807, 2.05) is 37.8 Å². The van der Waals surface area contributed by atoms with Crippen LogP contribution in [0.1, 0.15) is 52.9 Å². The number of nitrogens with zero attached hydrogens (tertiary/aromatic N) is 3. The second kappa shape index (κ2) is 12.7. The fourth-order valence-corrected chi connectivity index (χ4v) is 5.19. The van der Waals surface area contributed by atoms with Gasteiger partial charge in [-0.15, -0.1) is 0 Å². The van der Waals surface area contributed by atoms with E-state index in [1.165, 1.54) is 0 Å². The summed E-state index contributed by atoms with van der Waals surface area (Å²) in [5, 5.41) is 8.50. The minimum atomic E-state index is -0.520. The zero-order valence-electron chi connectivity index (χ0n) is 23.3. The summed E-state index contributed by atoms with van der Waals surface area (Å²) >= 11 is 0. The molecule has 3 aliphatic rings. The third-order valence-corrected chi connectivity index (χ3v) is 7.40. The number of hydrogen-bond donors (Lipinski definition) is 3. The summed E-state index contributed by atoms with van der Waals surface area (Å²) in [5.41, 5.74) is 1.46. The Morgan fingerprint density at radius 3 is 2.26 bits per heavy atom. The van der Waals surface area contributed by atoms with Crippen LogP contribution in [0.3, 0.4) is 0 Å². The number of ether oxygens (including phenoxy) is 1. The number of carbonyl (C=O) groups is 4. The van der Waals surface area contributed by atoms with Gasteiger partial charge in [-0.1, -0.05) is 0 Å². The third kappa shape index (κ3) is 8.58. The lowest BCUT2D eigenvalue weighted by molar-refractivity contribution is -0.134. The number of carbonyl (C=O) groups excluding carboxylic acids is 4. The largest absolute Gasteiger partial charge is 0.444 e. The highest BCUT2D eigenvalue weighted by Crippen LogP contribution is 2.21. The molecule has 3 saturated heterocycles. The van der Waals surface area contributed by atoms with E-state index in [1.54, 1.807) is 0 Å². The van der Waals surface area contributed by atoms with Crippen molar-refractivity contribution in [3.05, 3.63) is 24.3 Å². The highest BCUT2D eigenvalue weighted by molar-refractivity contribution is 6.01. The number of alkyl carbamates (subject to hydrolysis) is 1. The van der Waals surface area contributed by atoms with Crippen LogP contribution >= 0.6 is 0 Å². The highest BCUT2D eigenvalue weighted by atomic mass is 16.6. The van der Waals surface area contributed by atoms with Gasteiger partial charge in [-0.05, 0) is 64.3 Å². The lowest BCUT2D eigenvalue weighted by Crippen LogP contribution is -2.49. The Morgan fingerprint density at radius 1 is 0.974 bits per heavy atom. The predicted octanol–water partition coefficient (Wildman–Crippen LogP) is 1.93. The number of benzene rings is 1. The van der Waals surface area contributed by atoms with Crippen molar-refractivity contribution in [1.82, 2.24) is 20.4 Å². The maximum Gasteiger partial charge on any atom is 0.407 e. The Hall–Kier alpha value is -3.34. The lowest BCUT2D eigenvalue weighted by atomic mass is 10.0. The van der Waals surface area contributed by atoms with Crippen LogP contribution in [0.2, 0.25) is 0 Å². The molecule has 0 bridgehead atoms. The number of imide groups is 1. The summed E-state index contributed by atoms with van der Waals surface area (Å²) in [5.74, 6) is -0.317. The maximum absolute atomic E-state index is 12.8. The minimum Gasteiger partial charge on any atom is -0.444 e. The van der Waals surface area contributed by atoms with E-state index >= 15 is 0 Å². The zero-order valence-corrected chi connectivity index (χ0v) is 23.3. The first kappa shape index (κ1) is 28.7. The molecule has 1 aromatic carbocycles. The molecule has 1 atom stereocenters. The van der Waals surface area contributed by atoms with Crippen molar-refractivity contribution >= 4 is 35.2 Å². The molecule has 3 aliphatic heterocycles. The fourth-order valence-electron chi connectivity index (χ4n) is 5.19. The number of piperazine rings is 1. The Bertz CT molecular complexity index is 1020. The van der Waals surface area contributed by atoms with Gasteiger partial charge in [-0.25, -0.2) is 4.79 Å². The van der Waals surface area contributed by atoms with E-state index in [2.05, 4.69) is 37.9 Å². The first-order valence-electron chi connectivity index (χ1n) is 14.0. The molecule has 11 nitrogen and oxygen atoms in total. The summed E-state index contributed by atoms with van der Waals surface area (Å²) in [7, 11) is 0. The van der Waals surface area contributed by atoms with Gasteiger partial charge in [0.2, 0.25) is 17.7 Å². The predicted molar refractivity (Wildman–Crippen MR) is 148 cm³/mol. The maximum atomic E-state index is 12.8. The van der Waals surface area contributed by atoms with Crippen molar-refractivity contribution in [2.24, 2.45) is 0 Å². The van der Waals surface area contributed by atoms with Gasteiger partial charge in [-0.2, -0.15) is 0 Å². The van der Waals surface area contributed by atoms with Gasteiger partial charge in [0.25, 0.3) is 0 Å². The zero-order chi connectivity index (χ0) is 28.0. The van der Waals surface area contributed by atoms with Crippen molar-refractivity contribution in [2.75, 3.05) is 56.0 Å². The summed E-state index contributed by atoms with van der Waals surface area (Å²) in [6.07, 6.45) is 2.44. The van der Waals surface area contributed by atoms with Crippen molar-refractivity contribution in [2.45, 2.75) is 70.6 Å². The number of rotatable bonds is 7. The molecule has 214 valence electrons. The van der Waals surface area contributed by atoms with Crippen LogP contribution in [0.15, 0.2) is 24.3 Å². The molecule has 1 aromatic rings. The number of nitrogens with one attached hydrogen (secondary N) is 3. The monoisotopic (exact) mass is 542 g/mol. The normalized spacial score (nSPS) is 21.4. The Kier molecular flexibility index (Phi) is 9.32. The van der Waals surface area contributed by atoms with Crippen LogP contribution in [0.25, 0.3) is 0 Å². The van der Waals surface area contributed by atoms with E-state index in [0.29, 0.717) is 32.4 Å². The van der Waals surface area contributed by atoms with Gasteiger partial charge in [0, 0.05) is 76.1 Å². The molecule has 4 amide bonds. The Labute approximate surface area is 230 Å². The molecular formula is C28H42N6O5. The summed E-state index contributed by atoms with van der Waals surface area (Å²) in [4.78, 5) is 54.7. The molecule has 0 aromatic heterocycles. The smallest absolute Gasteiger partial charge is 0.407 e. The summed E-state index contributed by atoms with van der Waals surface area (Å²) in [6.45, 7) is 11.1. The summed E-state index contributed by atoms with van der Waals surface area (Å²) < 4.78 is 5.33. The van der Waals surface area contributed by atoms with Crippen LogP contribution in [0, 0.1) is 0 Å². The minimum absolute atomic E-state index is 0.0410. The Balaban J connectivity index is 1.13. The van der Waals surface area contributed by atoms with E-state index in [0.717, 1.165) is 56.9 Å². The number of anilines is 2. The van der Waals surface area contributed by atoms with Gasteiger partial charge in [0.15, 0.2) is 0 Å². The van der Waals surface area contributed by atoms with Gasteiger partial charge in [0.1, 0.15) is 11.6 Å². The molecule has 11 heteroatoms. The van der Waals surface area contributed by atoms with Gasteiger partial charge < -0.3 is 25.2 Å². The average molecular weight is 543 g/mol. The number of amides is 4. The first-order chi connectivity index (χ1) is 18.6. The average Bonchev–Trinajstić information content (AvgIpc) is 2.89. The van der Waals surface area contributed by atoms with Gasteiger partial charge in [-0.3, -0.25) is 24.6 Å². The van der Waals surface area contributed by atoms with E-state index in [9.17, 15) is 19.2 Å². The molecule has 0 radical (unpaired) electrons. The number of likely N-dealkylation sites (tertiary alicyclic amines) is 1. The van der Waals surface area contributed by atoms with Crippen LogP contribution in [-0.2, 0) is 19.1 Å². The van der Waals surface area contributed by atoms with E-state index < -0.39 is 11.7 Å². The van der Waals surface area contributed by atoms with E-state index in [-0.39, 0.29) is 29.8 Å². The lowest BCUT2D eigenvalue weighted by Gasteiger charge is -2.37. The molecule has 3 N–H and O–H groups in total. The molecule has 4 rings (SSSR count). The highest BCUT2D eigenvalue weighted by Gasteiger charge is 2.28. The second-order valence-electron chi connectivity index (χ2n) is 11.6. The van der Waals surface area contributed by atoms with Gasteiger partial charge >= 0.3 is 6.09 Å². The first-order valence-corrected chi connectivity index (χ1v) is 14.0. The van der Waals surface area contributed by atoms with Crippen molar-refractivity contribution in [3.63, 3.8) is 0 Å². The fraction of sp³-hybridized carbons (Fsp3) is 0.643.